The van der Waals surface area contributed by atoms with Gasteiger partial charge in [0.2, 0.25) is 0 Å². The van der Waals surface area contributed by atoms with E-state index in [9.17, 15) is 0 Å². The molecule has 16 atom stereocenters. The number of nitrogens with zero attached hydrogens (tertiary/aromatic N) is 3. The summed E-state index contributed by atoms with van der Waals surface area (Å²) in [6.45, 7) is 17.1. The second kappa shape index (κ2) is 18.7. The molecule has 0 N–H and O–H groups in total. The van der Waals surface area contributed by atoms with E-state index in [0.717, 1.165) is 114 Å². The number of fused-ring (bicyclic) bond motifs is 6. The largest absolute Gasteiger partial charge is 0.294 e. The lowest BCUT2D eigenvalue weighted by molar-refractivity contribution is -0.174. The molecule has 3 heteroatoms. The summed E-state index contributed by atoms with van der Waals surface area (Å²) in [5, 5.41) is 0. The first-order valence-electron chi connectivity index (χ1n) is 31.3. The molecule has 3 aliphatic heterocycles. The highest BCUT2D eigenvalue weighted by molar-refractivity contribution is 5.14. The monoisotopic (exact) mass is 906 g/mol. The fourth-order valence-corrected chi connectivity index (χ4v) is 23.1. The van der Waals surface area contributed by atoms with Crippen LogP contribution in [0.4, 0.5) is 0 Å². The molecule has 374 valence electrons. The SMILES string of the molecule is CC1(C)C2CCCCC2N(C2CCCCC2)C2CCC(C3CCC4C(C3)C(C)(C)C3CC(C5CCC6C(C5)C(C)(C)C5CCCCC5N6C5CCCCC5)CCC3N4C3CCCCC3)CC21. The standard InChI is InChI=1S/C63H107N3/c1-61(2)49-26-16-18-28-55(49)64(46-20-10-7-11-21-46)57-34-30-42(38-51(57)61)44-32-36-59-53(40-44)63(5,6)54-41-45(33-37-60(54)66(59)48-24-14-9-15-25-48)43-31-35-58-52(39-43)62(3,4)50-27-17-19-29-56(50)65(58)47-22-12-8-13-23-47/h42-60H,7-41H2,1-6H3. The van der Waals surface area contributed by atoms with Crippen molar-refractivity contribution in [3.05, 3.63) is 0 Å². The maximum atomic E-state index is 3.42. The predicted octanol–water partition coefficient (Wildman–Crippen LogP) is 16.3. The average Bonchev–Trinajstić information content (AvgIpc) is 3.35. The fraction of sp³-hybridized carbons (Fsp3) is 1.00. The van der Waals surface area contributed by atoms with Crippen LogP contribution >= 0.6 is 0 Å². The summed E-state index contributed by atoms with van der Waals surface area (Å²) in [7, 11) is 0. The first-order chi connectivity index (χ1) is 32.0. The van der Waals surface area contributed by atoms with Crippen LogP contribution in [0.2, 0.25) is 0 Å². The van der Waals surface area contributed by atoms with E-state index >= 15 is 0 Å². The van der Waals surface area contributed by atoms with Gasteiger partial charge in [-0.05, 0) is 217 Å². The average molecular weight is 907 g/mol. The normalized spacial score (nSPS) is 48.5. The Morgan fingerprint density at radius 1 is 0.227 bits per heavy atom. The van der Waals surface area contributed by atoms with Crippen LogP contribution in [0.25, 0.3) is 0 Å². The van der Waals surface area contributed by atoms with E-state index in [1.807, 2.05) is 0 Å². The van der Waals surface area contributed by atoms with Gasteiger partial charge < -0.3 is 0 Å². The van der Waals surface area contributed by atoms with Gasteiger partial charge in [-0.15, -0.1) is 0 Å². The van der Waals surface area contributed by atoms with Gasteiger partial charge in [-0.3, -0.25) is 14.7 Å². The third-order valence-corrected chi connectivity index (χ3v) is 26.2. The number of rotatable bonds is 5. The summed E-state index contributed by atoms with van der Waals surface area (Å²) >= 11 is 0. The van der Waals surface area contributed by atoms with Crippen molar-refractivity contribution in [1.29, 1.82) is 0 Å². The van der Waals surface area contributed by atoms with Crippen molar-refractivity contribution in [2.75, 3.05) is 0 Å². The first kappa shape index (κ1) is 46.9. The first-order valence-corrected chi connectivity index (χ1v) is 31.3. The molecule has 0 aromatic heterocycles. The molecule has 66 heavy (non-hydrogen) atoms. The van der Waals surface area contributed by atoms with E-state index in [1.54, 1.807) is 51.4 Å². The summed E-state index contributed by atoms with van der Waals surface area (Å²) in [5.41, 5.74) is 1.50. The molecule has 3 nitrogen and oxygen atoms in total. The van der Waals surface area contributed by atoms with Gasteiger partial charge in [-0.25, -0.2) is 0 Å². The number of hydrogen-bond donors (Lipinski definition) is 0. The summed E-state index contributed by atoms with van der Waals surface area (Å²) in [4.78, 5) is 10.1. The van der Waals surface area contributed by atoms with E-state index in [0.29, 0.717) is 16.2 Å². The Morgan fingerprint density at radius 2 is 0.455 bits per heavy atom. The van der Waals surface area contributed by atoms with Gasteiger partial charge in [0, 0.05) is 54.4 Å². The molecule has 12 rings (SSSR count). The zero-order valence-corrected chi connectivity index (χ0v) is 44.6. The Bertz CT molecular complexity index is 1520. The molecular formula is C63H107N3. The van der Waals surface area contributed by atoms with Crippen LogP contribution in [0.1, 0.15) is 266 Å². The molecule has 9 saturated carbocycles. The fourth-order valence-electron chi connectivity index (χ4n) is 23.1. The second-order valence-corrected chi connectivity index (χ2v) is 29.6. The number of piperidine rings is 3. The van der Waals surface area contributed by atoms with Crippen LogP contribution in [0.5, 0.6) is 0 Å². The molecule has 12 fully saturated rings. The highest BCUT2D eigenvalue weighted by Crippen LogP contribution is 2.64. The van der Waals surface area contributed by atoms with E-state index in [1.165, 1.54) is 173 Å². The van der Waals surface area contributed by atoms with Gasteiger partial charge in [-0.2, -0.15) is 0 Å². The molecule has 3 saturated heterocycles. The van der Waals surface area contributed by atoms with Crippen molar-refractivity contribution in [3.8, 4) is 0 Å². The van der Waals surface area contributed by atoms with Gasteiger partial charge in [0.05, 0.1) is 0 Å². The molecule has 16 unspecified atom stereocenters. The van der Waals surface area contributed by atoms with E-state index in [4.69, 9.17) is 0 Å². The summed E-state index contributed by atoms with van der Waals surface area (Å²) in [6, 6.07) is 8.02. The van der Waals surface area contributed by atoms with Crippen LogP contribution in [-0.4, -0.2) is 69.1 Å². The summed E-state index contributed by atoms with van der Waals surface area (Å²) < 4.78 is 0. The molecule has 0 amide bonds. The lowest BCUT2D eigenvalue weighted by atomic mass is 9.48. The minimum atomic E-state index is 0.473. The molecule has 3 heterocycles. The molecule has 0 bridgehead atoms. The van der Waals surface area contributed by atoms with Crippen molar-refractivity contribution in [3.63, 3.8) is 0 Å². The third kappa shape index (κ3) is 7.98. The van der Waals surface area contributed by atoms with E-state index < -0.39 is 0 Å². The molecule has 0 radical (unpaired) electrons. The second-order valence-electron chi connectivity index (χ2n) is 29.6. The lowest BCUT2D eigenvalue weighted by Crippen LogP contribution is -2.68. The summed E-state index contributed by atoms with van der Waals surface area (Å²) in [6.07, 6.45) is 53.4. The Hall–Kier alpha value is -0.120. The van der Waals surface area contributed by atoms with Crippen molar-refractivity contribution < 1.29 is 0 Å². The molecule has 12 aliphatic rings. The van der Waals surface area contributed by atoms with Crippen LogP contribution in [0.3, 0.4) is 0 Å². The maximum Gasteiger partial charge on any atom is 0.0135 e. The third-order valence-electron chi connectivity index (χ3n) is 26.2. The Kier molecular flexibility index (Phi) is 13.3. The maximum absolute atomic E-state index is 3.42. The number of hydrogen-bond acceptors (Lipinski definition) is 3. The quantitative estimate of drug-likeness (QED) is 0.272. The van der Waals surface area contributed by atoms with Crippen molar-refractivity contribution in [2.24, 2.45) is 75.4 Å². The van der Waals surface area contributed by atoms with Crippen molar-refractivity contribution in [2.45, 2.75) is 321 Å². The van der Waals surface area contributed by atoms with Crippen LogP contribution < -0.4 is 0 Å². The van der Waals surface area contributed by atoms with Crippen molar-refractivity contribution >= 4 is 0 Å². The highest BCUT2D eigenvalue weighted by Gasteiger charge is 2.62. The van der Waals surface area contributed by atoms with Gasteiger partial charge >= 0.3 is 0 Å². The highest BCUT2D eigenvalue weighted by atomic mass is 15.3. The van der Waals surface area contributed by atoms with Crippen LogP contribution in [0.15, 0.2) is 0 Å². The Balaban J connectivity index is 0.788. The van der Waals surface area contributed by atoms with Gasteiger partial charge in [0.25, 0.3) is 0 Å². The topological polar surface area (TPSA) is 9.72 Å². The Labute approximate surface area is 409 Å². The molecule has 0 aromatic carbocycles. The predicted molar refractivity (Wildman–Crippen MR) is 277 cm³/mol. The zero-order valence-electron chi connectivity index (χ0n) is 44.6. The van der Waals surface area contributed by atoms with Crippen LogP contribution in [0, 0.1) is 75.4 Å². The van der Waals surface area contributed by atoms with Crippen LogP contribution in [-0.2, 0) is 0 Å². The van der Waals surface area contributed by atoms with Crippen molar-refractivity contribution in [1.82, 2.24) is 14.7 Å². The smallest absolute Gasteiger partial charge is 0.0135 e. The lowest BCUT2D eigenvalue weighted by Gasteiger charge is -2.67. The molecular weight excluding hydrogens is 799 g/mol. The minimum absolute atomic E-state index is 0.473. The minimum Gasteiger partial charge on any atom is -0.294 e. The van der Waals surface area contributed by atoms with Gasteiger partial charge in [-0.1, -0.05) is 125 Å². The molecule has 0 spiro atoms. The Morgan fingerprint density at radius 3 is 0.742 bits per heavy atom. The molecule has 0 aromatic rings. The van der Waals surface area contributed by atoms with E-state index in [2.05, 4.69) is 56.2 Å². The zero-order chi connectivity index (χ0) is 45.0. The van der Waals surface area contributed by atoms with E-state index in [-0.39, 0.29) is 0 Å². The number of likely N-dealkylation sites (tertiary alicyclic amines) is 3. The molecule has 9 aliphatic carbocycles. The summed E-state index contributed by atoms with van der Waals surface area (Å²) in [5.74, 6) is 9.52. The van der Waals surface area contributed by atoms with Gasteiger partial charge in [0.15, 0.2) is 0 Å². The van der Waals surface area contributed by atoms with Gasteiger partial charge in [0.1, 0.15) is 0 Å².